The molecule has 1 atom stereocenters. The van der Waals surface area contributed by atoms with Crippen LogP contribution in [-0.2, 0) is 4.79 Å². The van der Waals surface area contributed by atoms with E-state index >= 15 is 0 Å². The Morgan fingerprint density at radius 3 is 2.43 bits per heavy atom. The Balaban J connectivity index is 0.000000429. The minimum atomic E-state index is -5.08. The number of aryl methyl sites for hydroxylation is 1. The maximum atomic E-state index is 10.6. The number of benzene rings is 2. The second-order valence-corrected chi connectivity index (χ2v) is 8.41. The van der Waals surface area contributed by atoms with Gasteiger partial charge in [0.2, 0.25) is 0 Å². The monoisotopic (exact) mass is 486 g/mol. The normalized spacial score (nSPS) is 16.0. The molecule has 0 aliphatic carbocycles. The molecule has 0 bridgehead atoms. The number of rotatable bonds is 4. The van der Waals surface area contributed by atoms with Gasteiger partial charge in [0.15, 0.2) is 0 Å². The number of alkyl halides is 3. The van der Waals surface area contributed by atoms with Crippen molar-refractivity contribution in [2.24, 2.45) is 0 Å². The molecule has 3 aromatic rings. The van der Waals surface area contributed by atoms with Crippen LogP contribution >= 0.6 is 0 Å². The van der Waals surface area contributed by atoms with Gasteiger partial charge >= 0.3 is 12.1 Å². The van der Waals surface area contributed by atoms with Gasteiger partial charge in [-0.15, -0.1) is 0 Å². The molecule has 1 saturated heterocycles. The van der Waals surface area contributed by atoms with Crippen molar-refractivity contribution in [3.63, 3.8) is 0 Å². The summed E-state index contributed by atoms with van der Waals surface area (Å²) >= 11 is 0. The molecule has 1 aromatic heterocycles. The molecule has 1 unspecified atom stereocenters. The standard InChI is InChI=1S/C24H28N4.C2HF3O2/c1-18-15-20(19-7-4-3-5-8-19)10-11-22(18)23-16-26-17-24(27-23)28(2)21-9-6-13-25-14-12-21;3-2(4,5)1(6)7/h3-5,7-8,10-11,15-17,21,25H,6,9,12-14H2,1-2H3;(H,6,7). The Morgan fingerprint density at radius 2 is 1.77 bits per heavy atom. The van der Waals surface area contributed by atoms with Crippen LogP contribution in [0.1, 0.15) is 24.8 Å². The zero-order chi connectivity index (χ0) is 25.4. The number of carboxylic acid groups (broad SMARTS) is 1. The lowest BCUT2D eigenvalue weighted by molar-refractivity contribution is -0.192. The van der Waals surface area contributed by atoms with E-state index in [0.29, 0.717) is 6.04 Å². The quantitative estimate of drug-likeness (QED) is 0.519. The molecule has 0 radical (unpaired) electrons. The Morgan fingerprint density at radius 1 is 1.06 bits per heavy atom. The molecule has 0 spiro atoms. The molecule has 2 aromatic carbocycles. The van der Waals surface area contributed by atoms with Gasteiger partial charge in [-0.25, -0.2) is 9.78 Å². The van der Waals surface area contributed by atoms with Crippen molar-refractivity contribution in [2.45, 2.75) is 38.4 Å². The van der Waals surface area contributed by atoms with Gasteiger partial charge in [-0.1, -0.05) is 48.5 Å². The molecule has 1 fully saturated rings. The second-order valence-electron chi connectivity index (χ2n) is 8.41. The first-order valence-corrected chi connectivity index (χ1v) is 11.4. The van der Waals surface area contributed by atoms with Gasteiger partial charge in [-0.05, 0) is 56.0 Å². The molecule has 0 amide bonds. The molecule has 1 aliphatic heterocycles. The van der Waals surface area contributed by atoms with Crippen LogP contribution in [-0.4, -0.2) is 53.4 Å². The minimum absolute atomic E-state index is 0.515. The molecule has 6 nitrogen and oxygen atoms in total. The van der Waals surface area contributed by atoms with Crippen LogP contribution in [0.2, 0.25) is 0 Å². The maximum Gasteiger partial charge on any atom is 0.490 e. The molecular formula is C26H29F3N4O2. The summed E-state index contributed by atoms with van der Waals surface area (Å²) in [7, 11) is 2.15. The Kier molecular flexibility index (Phi) is 8.81. The molecule has 1 aliphatic rings. The third-order valence-electron chi connectivity index (χ3n) is 5.93. The smallest absolute Gasteiger partial charge is 0.475 e. The Hall–Kier alpha value is -3.46. The van der Waals surface area contributed by atoms with Gasteiger partial charge in [0.25, 0.3) is 0 Å². The molecule has 2 N–H and O–H groups in total. The molecule has 35 heavy (non-hydrogen) atoms. The van der Waals surface area contributed by atoms with Crippen LogP contribution < -0.4 is 10.2 Å². The SMILES string of the molecule is Cc1cc(-c2ccccc2)ccc1-c1cncc(N(C)C2CCCNCC2)n1.O=C(O)C(F)(F)F. The molecule has 0 saturated carbocycles. The average Bonchev–Trinajstić information content (AvgIpc) is 3.14. The van der Waals surface area contributed by atoms with Gasteiger partial charge in [0.1, 0.15) is 5.82 Å². The van der Waals surface area contributed by atoms with E-state index < -0.39 is 12.1 Å². The molecule has 2 heterocycles. The summed E-state index contributed by atoms with van der Waals surface area (Å²) in [5.74, 6) is -1.80. The first-order chi connectivity index (χ1) is 16.7. The lowest BCUT2D eigenvalue weighted by Gasteiger charge is -2.28. The van der Waals surface area contributed by atoms with E-state index in [2.05, 4.69) is 71.6 Å². The third kappa shape index (κ3) is 7.26. The van der Waals surface area contributed by atoms with E-state index in [-0.39, 0.29) is 0 Å². The fourth-order valence-corrected chi connectivity index (χ4v) is 3.99. The summed E-state index contributed by atoms with van der Waals surface area (Å²) in [6.45, 7) is 4.34. The number of anilines is 1. The number of halogens is 3. The van der Waals surface area contributed by atoms with Crippen LogP contribution in [0.4, 0.5) is 19.0 Å². The lowest BCUT2D eigenvalue weighted by atomic mass is 9.98. The number of carboxylic acids is 1. The zero-order valence-corrected chi connectivity index (χ0v) is 19.7. The summed E-state index contributed by atoms with van der Waals surface area (Å²) in [4.78, 5) is 20.7. The van der Waals surface area contributed by atoms with Crippen molar-refractivity contribution in [2.75, 3.05) is 25.0 Å². The minimum Gasteiger partial charge on any atom is -0.475 e. The number of nitrogens with one attached hydrogen (secondary N) is 1. The van der Waals surface area contributed by atoms with Crippen LogP contribution in [0.15, 0.2) is 60.9 Å². The van der Waals surface area contributed by atoms with Crippen molar-refractivity contribution in [3.05, 3.63) is 66.5 Å². The lowest BCUT2D eigenvalue weighted by Crippen LogP contribution is -2.33. The fourth-order valence-electron chi connectivity index (χ4n) is 3.99. The highest BCUT2D eigenvalue weighted by atomic mass is 19.4. The fraction of sp³-hybridized carbons (Fsp3) is 0.346. The van der Waals surface area contributed by atoms with Gasteiger partial charge in [-0.3, -0.25) is 4.98 Å². The maximum absolute atomic E-state index is 10.6. The van der Waals surface area contributed by atoms with Gasteiger partial charge in [0.05, 0.1) is 18.1 Å². The van der Waals surface area contributed by atoms with E-state index in [1.807, 2.05) is 18.5 Å². The molecule has 9 heteroatoms. The van der Waals surface area contributed by atoms with Crippen LogP contribution in [0.25, 0.3) is 22.4 Å². The van der Waals surface area contributed by atoms with Crippen molar-refractivity contribution in [1.29, 1.82) is 0 Å². The average molecular weight is 487 g/mol. The summed E-state index contributed by atoms with van der Waals surface area (Å²) in [6.07, 6.45) is 2.22. The van der Waals surface area contributed by atoms with Crippen LogP contribution in [0.3, 0.4) is 0 Å². The number of aliphatic carboxylic acids is 1. The molecule has 4 rings (SSSR count). The zero-order valence-electron chi connectivity index (χ0n) is 19.7. The topological polar surface area (TPSA) is 78.4 Å². The van der Waals surface area contributed by atoms with Gasteiger partial charge in [0, 0.05) is 18.7 Å². The van der Waals surface area contributed by atoms with Crippen molar-refractivity contribution >= 4 is 11.8 Å². The highest BCUT2D eigenvalue weighted by Crippen LogP contribution is 2.28. The molecular weight excluding hydrogens is 457 g/mol. The van der Waals surface area contributed by atoms with Crippen molar-refractivity contribution < 1.29 is 23.1 Å². The highest BCUT2D eigenvalue weighted by Gasteiger charge is 2.38. The first kappa shape index (κ1) is 26.2. The number of nitrogens with zero attached hydrogens (tertiary/aromatic N) is 3. The van der Waals surface area contributed by atoms with E-state index in [9.17, 15) is 13.2 Å². The van der Waals surface area contributed by atoms with Gasteiger partial charge in [-0.2, -0.15) is 13.2 Å². The summed E-state index contributed by atoms with van der Waals surface area (Å²) in [6, 6.07) is 17.6. The first-order valence-electron chi connectivity index (χ1n) is 11.4. The number of aromatic nitrogens is 2. The predicted octanol–water partition coefficient (Wildman–Crippen LogP) is 5.33. The summed E-state index contributed by atoms with van der Waals surface area (Å²) in [5, 5.41) is 10.6. The number of hydrogen-bond donors (Lipinski definition) is 2. The number of carbonyl (C=O) groups is 1. The van der Waals surface area contributed by atoms with E-state index in [1.165, 1.54) is 29.5 Å². The number of hydrogen-bond acceptors (Lipinski definition) is 5. The Bertz CT molecular complexity index is 1120. The van der Waals surface area contributed by atoms with Crippen molar-refractivity contribution in [3.8, 4) is 22.4 Å². The highest BCUT2D eigenvalue weighted by molar-refractivity contribution is 5.73. The third-order valence-corrected chi connectivity index (χ3v) is 5.93. The Labute approximate surface area is 202 Å². The van der Waals surface area contributed by atoms with Gasteiger partial charge < -0.3 is 15.3 Å². The van der Waals surface area contributed by atoms with E-state index in [1.54, 1.807) is 0 Å². The molecule has 186 valence electrons. The summed E-state index contributed by atoms with van der Waals surface area (Å²) in [5.41, 5.74) is 5.76. The van der Waals surface area contributed by atoms with Crippen LogP contribution in [0.5, 0.6) is 0 Å². The van der Waals surface area contributed by atoms with E-state index in [4.69, 9.17) is 14.9 Å². The second kappa shape index (κ2) is 11.8. The van der Waals surface area contributed by atoms with Crippen LogP contribution in [0, 0.1) is 6.92 Å². The van der Waals surface area contributed by atoms with E-state index in [0.717, 1.165) is 36.6 Å². The largest absolute Gasteiger partial charge is 0.490 e. The van der Waals surface area contributed by atoms with Crippen molar-refractivity contribution in [1.82, 2.24) is 15.3 Å². The summed E-state index contributed by atoms with van der Waals surface area (Å²) < 4.78 is 31.7. The predicted molar refractivity (Wildman–Crippen MR) is 130 cm³/mol.